The molecule has 184 valence electrons. The first-order valence-corrected chi connectivity index (χ1v) is 12.5. The number of amides is 1. The molecule has 1 aliphatic heterocycles. The van der Waals surface area contributed by atoms with E-state index in [1.807, 2.05) is 29.2 Å². The summed E-state index contributed by atoms with van der Waals surface area (Å²) in [6, 6.07) is 11.8. The summed E-state index contributed by atoms with van der Waals surface area (Å²) < 4.78 is 12.4. The van der Waals surface area contributed by atoms with Gasteiger partial charge in [0.15, 0.2) is 16.6 Å². The maximum Gasteiger partial charge on any atom is 0.260 e. The van der Waals surface area contributed by atoms with Crippen LogP contribution in [0.1, 0.15) is 50.5 Å². The summed E-state index contributed by atoms with van der Waals surface area (Å²) in [7, 11) is 0. The number of carbonyl (C=O) groups excluding carboxylic acids is 1. The summed E-state index contributed by atoms with van der Waals surface area (Å²) >= 11 is 1.52. The Hall–Kier alpha value is -2.35. The van der Waals surface area contributed by atoms with Gasteiger partial charge in [-0.2, -0.15) is 0 Å². The molecular weight excluding hydrogens is 470 g/mol. The molecule has 0 spiro atoms. The molecule has 0 fully saturated rings. The number of hydrogen-bond acceptors (Lipinski definition) is 6. The minimum Gasteiger partial charge on any atom is -0.486 e. The lowest BCUT2D eigenvalue weighted by Gasteiger charge is -2.25. The highest BCUT2D eigenvalue weighted by atomic mass is 35.5. The molecular formula is C26H34ClN3O3S. The summed E-state index contributed by atoms with van der Waals surface area (Å²) in [5.74, 6) is 1.42. The third kappa shape index (κ3) is 5.65. The van der Waals surface area contributed by atoms with Gasteiger partial charge in [-0.1, -0.05) is 58.1 Å². The highest BCUT2D eigenvalue weighted by molar-refractivity contribution is 7.22. The Labute approximate surface area is 212 Å². The van der Waals surface area contributed by atoms with Crippen molar-refractivity contribution in [2.45, 2.75) is 40.0 Å². The van der Waals surface area contributed by atoms with Crippen LogP contribution < -0.4 is 14.4 Å². The largest absolute Gasteiger partial charge is 0.486 e. The first-order chi connectivity index (χ1) is 15.8. The minimum absolute atomic E-state index is 0. The van der Waals surface area contributed by atoms with E-state index in [0.717, 1.165) is 35.6 Å². The third-order valence-corrected chi connectivity index (χ3v) is 7.09. The first kappa shape index (κ1) is 26.3. The fraction of sp³-hybridized carbons (Fsp3) is 0.462. The highest BCUT2D eigenvalue weighted by Gasteiger charge is 2.24. The van der Waals surface area contributed by atoms with Crippen LogP contribution in [0.25, 0.3) is 10.2 Å². The number of ether oxygens (including phenoxy) is 2. The van der Waals surface area contributed by atoms with Gasteiger partial charge in [0.25, 0.3) is 5.91 Å². The Morgan fingerprint density at radius 1 is 1.00 bits per heavy atom. The van der Waals surface area contributed by atoms with Gasteiger partial charge in [-0.3, -0.25) is 9.69 Å². The summed E-state index contributed by atoms with van der Waals surface area (Å²) in [5.41, 5.74) is 2.75. The zero-order valence-electron chi connectivity index (χ0n) is 20.6. The third-order valence-electron chi connectivity index (χ3n) is 6.05. The van der Waals surface area contributed by atoms with Crippen LogP contribution >= 0.6 is 23.7 Å². The molecule has 2 aromatic carbocycles. The second-order valence-electron chi connectivity index (χ2n) is 9.27. The van der Waals surface area contributed by atoms with Crippen LogP contribution in [-0.4, -0.2) is 55.2 Å². The smallest absolute Gasteiger partial charge is 0.260 e. The molecule has 0 radical (unpaired) electrons. The van der Waals surface area contributed by atoms with E-state index in [-0.39, 0.29) is 23.7 Å². The summed E-state index contributed by atoms with van der Waals surface area (Å²) in [4.78, 5) is 22.6. The maximum atomic E-state index is 13.7. The number of aromatic nitrogens is 1. The molecule has 1 aromatic heterocycles. The summed E-state index contributed by atoms with van der Waals surface area (Å²) in [6.07, 6.45) is 0. The van der Waals surface area contributed by atoms with Crippen molar-refractivity contribution in [1.29, 1.82) is 0 Å². The second-order valence-corrected chi connectivity index (χ2v) is 10.3. The van der Waals surface area contributed by atoms with Crippen molar-refractivity contribution in [3.05, 3.63) is 47.5 Å². The number of nitrogens with zero attached hydrogens (tertiary/aromatic N) is 3. The van der Waals surface area contributed by atoms with Crippen LogP contribution in [0.3, 0.4) is 0 Å². The number of anilines is 1. The number of thiazole rings is 1. The van der Waals surface area contributed by atoms with Crippen LogP contribution in [0.4, 0.5) is 5.13 Å². The molecule has 3 aromatic rings. The van der Waals surface area contributed by atoms with Crippen molar-refractivity contribution in [1.82, 2.24) is 9.88 Å². The highest BCUT2D eigenvalue weighted by Crippen LogP contribution is 2.39. The molecule has 1 aliphatic rings. The summed E-state index contributed by atoms with van der Waals surface area (Å²) in [5, 5.41) is 0.699. The molecule has 0 saturated carbocycles. The average molecular weight is 504 g/mol. The topological polar surface area (TPSA) is 54.9 Å². The number of benzene rings is 2. The van der Waals surface area contributed by atoms with Gasteiger partial charge in [0, 0.05) is 30.8 Å². The van der Waals surface area contributed by atoms with Crippen molar-refractivity contribution in [3.8, 4) is 11.5 Å². The standard InChI is InChI=1S/C26H33N3O3S.ClH/c1-6-28(7-2)12-13-29(24(30)18-8-10-19(11-9-18)26(3,4)5)25-27-20-16-21-22(17-23(20)33-25)32-15-14-31-21;/h8-11,16-17H,6-7,12-15H2,1-5H3;1H. The van der Waals surface area contributed by atoms with E-state index in [1.54, 1.807) is 0 Å². The van der Waals surface area contributed by atoms with Gasteiger partial charge in [0.05, 0.1) is 10.2 Å². The number of hydrogen-bond donors (Lipinski definition) is 0. The van der Waals surface area contributed by atoms with Crippen molar-refractivity contribution in [2.24, 2.45) is 0 Å². The number of likely N-dealkylation sites (N-methyl/N-ethyl adjacent to an activating group) is 1. The Kier molecular flexibility index (Phi) is 8.44. The fourth-order valence-electron chi connectivity index (χ4n) is 3.90. The first-order valence-electron chi connectivity index (χ1n) is 11.6. The van der Waals surface area contributed by atoms with Crippen LogP contribution in [0, 0.1) is 0 Å². The monoisotopic (exact) mass is 503 g/mol. The molecule has 4 rings (SSSR count). The Morgan fingerprint density at radius 2 is 1.62 bits per heavy atom. The molecule has 6 nitrogen and oxygen atoms in total. The molecule has 0 atom stereocenters. The predicted molar refractivity (Wildman–Crippen MR) is 142 cm³/mol. The van der Waals surface area contributed by atoms with E-state index in [1.165, 1.54) is 16.9 Å². The quantitative estimate of drug-likeness (QED) is 0.409. The molecule has 0 N–H and O–H groups in total. The van der Waals surface area contributed by atoms with E-state index in [0.29, 0.717) is 36.2 Å². The lowest BCUT2D eigenvalue weighted by atomic mass is 9.86. The minimum atomic E-state index is -0.0288. The number of halogens is 1. The van der Waals surface area contributed by atoms with Crippen LogP contribution in [-0.2, 0) is 5.41 Å². The second kappa shape index (κ2) is 10.9. The molecule has 0 unspecified atom stereocenters. The molecule has 2 heterocycles. The normalized spacial score (nSPS) is 13.1. The van der Waals surface area contributed by atoms with E-state index in [9.17, 15) is 4.79 Å². The number of carbonyl (C=O) groups is 1. The van der Waals surface area contributed by atoms with Gasteiger partial charge in [0.2, 0.25) is 0 Å². The average Bonchev–Trinajstić information content (AvgIpc) is 3.22. The molecule has 8 heteroatoms. The van der Waals surface area contributed by atoms with Gasteiger partial charge < -0.3 is 14.4 Å². The van der Waals surface area contributed by atoms with Gasteiger partial charge in [-0.15, -0.1) is 12.4 Å². The lowest BCUT2D eigenvalue weighted by Crippen LogP contribution is -2.38. The van der Waals surface area contributed by atoms with Crippen molar-refractivity contribution >= 4 is 45.0 Å². The van der Waals surface area contributed by atoms with E-state index >= 15 is 0 Å². The molecule has 0 saturated heterocycles. The van der Waals surface area contributed by atoms with E-state index in [4.69, 9.17) is 14.5 Å². The molecule has 34 heavy (non-hydrogen) atoms. The van der Waals surface area contributed by atoms with Crippen LogP contribution in [0.5, 0.6) is 11.5 Å². The van der Waals surface area contributed by atoms with E-state index in [2.05, 4.69) is 51.7 Å². The Bertz CT molecular complexity index is 1080. The van der Waals surface area contributed by atoms with Gasteiger partial charge in [0.1, 0.15) is 13.2 Å². The van der Waals surface area contributed by atoms with Crippen molar-refractivity contribution in [2.75, 3.05) is 44.3 Å². The summed E-state index contributed by atoms with van der Waals surface area (Å²) in [6.45, 7) is 15.1. The molecule has 0 bridgehead atoms. The SMILES string of the molecule is CCN(CC)CCN(C(=O)c1ccc(C(C)(C)C)cc1)c1nc2cc3c(cc2s1)OCCO3.Cl. The van der Waals surface area contributed by atoms with Crippen LogP contribution in [0.15, 0.2) is 36.4 Å². The zero-order valence-corrected chi connectivity index (χ0v) is 22.2. The zero-order chi connectivity index (χ0) is 23.6. The van der Waals surface area contributed by atoms with Crippen molar-refractivity contribution < 1.29 is 14.3 Å². The predicted octanol–water partition coefficient (Wildman–Crippen LogP) is 5.78. The van der Waals surface area contributed by atoms with Gasteiger partial charge in [-0.25, -0.2) is 4.98 Å². The fourth-order valence-corrected chi connectivity index (χ4v) is 4.90. The maximum absolute atomic E-state index is 13.7. The number of rotatable bonds is 7. The Balaban J connectivity index is 0.00000324. The number of fused-ring (bicyclic) bond motifs is 2. The molecule has 0 aliphatic carbocycles. The Morgan fingerprint density at radius 3 is 2.21 bits per heavy atom. The van der Waals surface area contributed by atoms with Crippen molar-refractivity contribution in [3.63, 3.8) is 0 Å². The lowest BCUT2D eigenvalue weighted by molar-refractivity contribution is 0.0983. The molecule has 1 amide bonds. The van der Waals surface area contributed by atoms with Gasteiger partial charge in [-0.05, 0) is 36.2 Å². The van der Waals surface area contributed by atoms with Crippen LogP contribution in [0.2, 0.25) is 0 Å². The van der Waals surface area contributed by atoms with Gasteiger partial charge >= 0.3 is 0 Å². The van der Waals surface area contributed by atoms with E-state index < -0.39 is 0 Å².